The Bertz CT molecular complexity index is 378. The van der Waals surface area contributed by atoms with Crippen molar-refractivity contribution in [1.82, 2.24) is 10.2 Å². The number of H-pyrrole nitrogens is 1. The van der Waals surface area contributed by atoms with Crippen molar-refractivity contribution >= 4 is 11.9 Å². The minimum atomic E-state index is -0.530. The molecule has 19 heavy (non-hydrogen) atoms. The minimum Gasteiger partial charge on any atom is -0.461 e. The van der Waals surface area contributed by atoms with Crippen molar-refractivity contribution < 1.29 is 19.1 Å². The Morgan fingerprint density at radius 3 is 2.26 bits per heavy atom. The number of rotatable bonds is 8. The molecule has 0 atom stereocenters. The lowest BCUT2D eigenvalue weighted by Gasteiger charge is -2.00. The van der Waals surface area contributed by atoms with E-state index in [1.54, 1.807) is 0 Å². The van der Waals surface area contributed by atoms with E-state index in [1.807, 2.05) is 13.8 Å². The van der Waals surface area contributed by atoms with E-state index in [9.17, 15) is 9.59 Å². The summed E-state index contributed by atoms with van der Waals surface area (Å²) in [7, 11) is 0. The van der Waals surface area contributed by atoms with Gasteiger partial charge in [-0.3, -0.25) is 5.10 Å². The topological polar surface area (TPSA) is 81.3 Å². The summed E-state index contributed by atoms with van der Waals surface area (Å²) in [6.07, 6.45) is 3.52. The molecule has 1 aromatic heterocycles. The molecule has 0 bridgehead atoms. The molecule has 0 fully saturated rings. The number of unbranched alkanes of at least 4 members (excludes halogenated alkanes) is 2. The summed E-state index contributed by atoms with van der Waals surface area (Å²) in [5.74, 6) is -1.04. The number of aromatic amines is 1. The molecule has 1 rings (SSSR count). The fourth-order valence-corrected chi connectivity index (χ4v) is 1.30. The molecule has 0 saturated carbocycles. The van der Waals surface area contributed by atoms with Crippen LogP contribution in [0.1, 0.15) is 60.5 Å². The molecule has 0 spiro atoms. The summed E-state index contributed by atoms with van der Waals surface area (Å²) < 4.78 is 9.98. The third-order valence-electron chi connectivity index (χ3n) is 2.47. The van der Waals surface area contributed by atoms with Gasteiger partial charge in [-0.1, -0.05) is 26.7 Å². The Balaban J connectivity index is 2.46. The van der Waals surface area contributed by atoms with Gasteiger partial charge in [-0.05, 0) is 12.8 Å². The maximum Gasteiger partial charge on any atom is 0.358 e. The van der Waals surface area contributed by atoms with Gasteiger partial charge in [0.25, 0.3) is 0 Å². The normalized spacial score (nSPS) is 10.2. The quantitative estimate of drug-likeness (QED) is 0.578. The summed E-state index contributed by atoms with van der Waals surface area (Å²) in [5.41, 5.74) is 0.261. The summed E-state index contributed by atoms with van der Waals surface area (Å²) in [5, 5.41) is 6.22. The molecule has 6 nitrogen and oxygen atoms in total. The van der Waals surface area contributed by atoms with Gasteiger partial charge in [-0.2, -0.15) is 5.10 Å². The molecule has 1 N–H and O–H groups in total. The fraction of sp³-hybridized carbons (Fsp3) is 0.615. The molecule has 106 valence electrons. The van der Waals surface area contributed by atoms with Crippen molar-refractivity contribution in [3.8, 4) is 0 Å². The Kier molecular flexibility index (Phi) is 6.63. The second-order valence-corrected chi connectivity index (χ2v) is 4.15. The maximum absolute atomic E-state index is 11.6. The molecule has 0 aliphatic carbocycles. The van der Waals surface area contributed by atoms with Gasteiger partial charge in [0.05, 0.1) is 13.2 Å². The minimum absolute atomic E-state index is 0.0959. The average molecular weight is 268 g/mol. The van der Waals surface area contributed by atoms with Crippen LogP contribution in [-0.2, 0) is 9.47 Å². The largest absolute Gasteiger partial charge is 0.461 e. The van der Waals surface area contributed by atoms with Crippen LogP contribution in [0.25, 0.3) is 0 Å². The van der Waals surface area contributed by atoms with Crippen LogP contribution < -0.4 is 0 Å². The van der Waals surface area contributed by atoms with Gasteiger partial charge in [0.2, 0.25) is 0 Å². The van der Waals surface area contributed by atoms with Crippen molar-refractivity contribution in [2.45, 2.75) is 39.5 Å². The summed E-state index contributed by atoms with van der Waals surface area (Å²) in [6, 6.07) is 1.35. The van der Waals surface area contributed by atoms with E-state index in [2.05, 4.69) is 10.2 Å². The van der Waals surface area contributed by atoms with Crippen LogP contribution in [0.5, 0.6) is 0 Å². The predicted molar refractivity (Wildman–Crippen MR) is 69.0 cm³/mol. The van der Waals surface area contributed by atoms with E-state index in [0.717, 1.165) is 25.7 Å². The first kappa shape index (κ1) is 15.2. The van der Waals surface area contributed by atoms with Gasteiger partial charge < -0.3 is 9.47 Å². The SMILES string of the molecule is CCCCOC(=O)c1cc(C(=O)OCCCC)[nH]n1. The highest BCUT2D eigenvalue weighted by atomic mass is 16.5. The molecule has 6 heteroatoms. The monoisotopic (exact) mass is 268 g/mol. The molecule has 0 aliphatic rings. The third kappa shape index (κ3) is 5.11. The number of carbonyl (C=O) groups is 2. The fourth-order valence-electron chi connectivity index (χ4n) is 1.30. The highest BCUT2D eigenvalue weighted by molar-refractivity contribution is 5.92. The zero-order chi connectivity index (χ0) is 14.1. The van der Waals surface area contributed by atoms with E-state index in [0.29, 0.717) is 13.2 Å². The van der Waals surface area contributed by atoms with E-state index in [4.69, 9.17) is 9.47 Å². The first-order valence-corrected chi connectivity index (χ1v) is 6.58. The number of hydrogen-bond donors (Lipinski definition) is 1. The summed E-state index contributed by atoms with van der Waals surface area (Å²) in [6.45, 7) is 4.74. The van der Waals surface area contributed by atoms with Crippen LogP contribution in [-0.4, -0.2) is 35.3 Å². The molecule has 0 aromatic carbocycles. The van der Waals surface area contributed by atoms with E-state index >= 15 is 0 Å². The lowest BCUT2D eigenvalue weighted by atomic mass is 10.3. The predicted octanol–water partition coefficient (Wildman–Crippen LogP) is 2.32. The number of nitrogens with one attached hydrogen (secondary N) is 1. The van der Waals surface area contributed by atoms with Crippen LogP contribution in [0, 0.1) is 0 Å². The van der Waals surface area contributed by atoms with Crippen LogP contribution in [0.3, 0.4) is 0 Å². The molecule has 0 saturated heterocycles. The molecule has 0 aliphatic heterocycles. The maximum atomic E-state index is 11.6. The van der Waals surface area contributed by atoms with Gasteiger partial charge in [0.1, 0.15) is 5.69 Å². The van der Waals surface area contributed by atoms with Gasteiger partial charge in [-0.25, -0.2) is 9.59 Å². The zero-order valence-corrected chi connectivity index (χ0v) is 11.4. The Morgan fingerprint density at radius 1 is 1.11 bits per heavy atom. The van der Waals surface area contributed by atoms with E-state index in [-0.39, 0.29) is 11.4 Å². The van der Waals surface area contributed by atoms with Crippen molar-refractivity contribution in [3.63, 3.8) is 0 Å². The molecule has 0 amide bonds. The third-order valence-corrected chi connectivity index (χ3v) is 2.47. The summed E-state index contributed by atoms with van der Waals surface area (Å²) >= 11 is 0. The molecule has 0 unspecified atom stereocenters. The molecular weight excluding hydrogens is 248 g/mol. The average Bonchev–Trinajstić information content (AvgIpc) is 2.89. The van der Waals surface area contributed by atoms with Crippen molar-refractivity contribution in [2.75, 3.05) is 13.2 Å². The summed E-state index contributed by atoms with van der Waals surface area (Å²) in [4.78, 5) is 23.1. The first-order valence-electron chi connectivity index (χ1n) is 6.58. The molecule has 1 heterocycles. The highest BCUT2D eigenvalue weighted by Crippen LogP contribution is 2.05. The molecule has 1 aromatic rings. The van der Waals surface area contributed by atoms with Gasteiger partial charge in [-0.15, -0.1) is 0 Å². The van der Waals surface area contributed by atoms with E-state index in [1.165, 1.54) is 6.07 Å². The first-order chi connectivity index (χ1) is 9.19. The highest BCUT2D eigenvalue weighted by Gasteiger charge is 2.16. The number of ether oxygens (including phenoxy) is 2. The second-order valence-electron chi connectivity index (χ2n) is 4.15. The lowest BCUT2D eigenvalue weighted by molar-refractivity contribution is 0.0487. The number of nitrogens with zero attached hydrogens (tertiary/aromatic N) is 1. The van der Waals surface area contributed by atoms with Gasteiger partial charge >= 0.3 is 11.9 Å². The van der Waals surface area contributed by atoms with Gasteiger partial charge in [0.15, 0.2) is 5.69 Å². The Hall–Kier alpha value is -1.85. The Morgan fingerprint density at radius 2 is 1.68 bits per heavy atom. The van der Waals surface area contributed by atoms with E-state index < -0.39 is 11.9 Å². The lowest BCUT2D eigenvalue weighted by Crippen LogP contribution is -2.07. The number of hydrogen-bond acceptors (Lipinski definition) is 5. The molecular formula is C13H20N2O4. The number of esters is 2. The van der Waals surface area contributed by atoms with Crippen molar-refractivity contribution in [3.05, 3.63) is 17.5 Å². The van der Waals surface area contributed by atoms with Crippen LogP contribution >= 0.6 is 0 Å². The Labute approximate surface area is 112 Å². The van der Waals surface area contributed by atoms with Crippen molar-refractivity contribution in [2.24, 2.45) is 0 Å². The zero-order valence-electron chi connectivity index (χ0n) is 11.4. The smallest absolute Gasteiger partial charge is 0.358 e. The van der Waals surface area contributed by atoms with Crippen LogP contribution in [0.4, 0.5) is 0 Å². The van der Waals surface area contributed by atoms with Crippen LogP contribution in [0.15, 0.2) is 6.07 Å². The second kappa shape index (κ2) is 8.29. The number of aromatic nitrogens is 2. The van der Waals surface area contributed by atoms with Gasteiger partial charge in [0, 0.05) is 6.07 Å². The van der Waals surface area contributed by atoms with Crippen LogP contribution in [0.2, 0.25) is 0 Å². The van der Waals surface area contributed by atoms with Crippen molar-refractivity contribution in [1.29, 1.82) is 0 Å². The molecule has 0 radical (unpaired) electrons. The number of carbonyl (C=O) groups excluding carboxylic acids is 2. The standard InChI is InChI=1S/C13H20N2O4/c1-3-5-7-18-12(16)10-9-11(15-14-10)13(17)19-8-6-4-2/h9H,3-8H2,1-2H3,(H,14,15).